The number of rotatable bonds is 22. The first kappa shape index (κ1) is 30.9. The molecule has 0 aromatic carbocycles. The quantitative estimate of drug-likeness (QED) is 0.128. The lowest BCUT2D eigenvalue weighted by Gasteiger charge is -2.12. The Hall–Kier alpha value is -2.11. The van der Waals surface area contributed by atoms with Crippen molar-refractivity contribution in [3.63, 3.8) is 0 Å². The summed E-state index contributed by atoms with van der Waals surface area (Å²) < 4.78 is 2.17. The molecule has 0 saturated carbocycles. The number of carboxylic acid groups (broad SMARTS) is 2. The molecule has 0 aliphatic rings. The Morgan fingerprint density at radius 1 is 0.657 bits per heavy atom. The van der Waals surface area contributed by atoms with Gasteiger partial charge in [-0.3, -0.25) is 14.4 Å². The van der Waals surface area contributed by atoms with Crippen LogP contribution in [0.1, 0.15) is 143 Å². The van der Waals surface area contributed by atoms with Gasteiger partial charge in [-0.15, -0.1) is 0 Å². The summed E-state index contributed by atoms with van der Waals surface area (Å²) in [7, 11) is 0. The van der Waals surface area contributed by atoms with E-state index in [1.807, 2.05) is 13.8 Å². The number of nitrogens with zero attached hydrogens (tertiary/aromatic N) is 1. The zero-order valence-electron chi connectivity index (χ0n) is 22.5. The Morgan fingerprint density at radius 2 is 1.14 bits per heavy atom. The fourth-order valence-electron chi connectivity index (χ4n) is 5.01. The van der Waals surface area contributed by atoms with Crippen molar-refractivity contribution in [3.05, 3.63) is 22.5 Å². The van der Waals surface area contributed by atoms with Crippen LogP contribution in [0.4, 0.5) is 0 Å². The van der Waals surface area contributed by atoms with Crippen LogP contribution in [0.15, 0.2) is 0 Å². The lowest BCUT2D eigenvalue weighted by molar-refractivity contribution is -0.138. The van der Waals surface area contributed by atoms with Crippen molar-refractivity contribution >= 4 is 17.7 Å². The van der Waals surface area contributed by atoms with Gasteiger partial charge in [0.25, 0.3) is 0 Å². The molecule has 0 fully saturated rings. The van der Waals surface area contributed by atoms with Crippen molar-refractivity contribution in [2.24, 2.45) is 0 Å². The molecule has 35 heavy (non-hydrogen) atoms. The molecule has 6 heteroatoms. The number of aromatic nitrogens is 1. The fourth-order valence-corrected chi connectivity index (χ4v) is 5.01. The molecular weight excluding hydrogens is 442 g/mol. The molecule has 0 bridgehead atoms. The van der Waals surface area contributed by atoms with Gasteiger partial charge in [0.1, 0.15) is 0 Å². The first-order chi connectivity index (χ1) is 16.8. The summed E-state index contributed by atoms with van der Waals surface area (Å²) in [5, 5.41) is 18.0. The normalized spacial score (nSPS) is 11.2. The van der Waals surface area contributed by atoms with E-state index in [1.165, 1.54) is 44.9 Å². The number of Topliss-reactive ketones (excluding diaryl/α,β-unsaturated/α-hetero) is 1. The summed E-state index contributed by atoms with van der Waals surface area (Å²) in [6.07, 6.45) is 16.8. The minimum Gasteiger partial charge on any atom is -0.481 e. The highest BCUT2D eigenvalue weighted by Crippen LogP contribution is 2.26. The van der Waals surface area contributed by atoms with E-state index in [9.17, 15) is 19.5 Å². The van der Waals surface area contributed by atoms with Gasteiger partial charge in [0.05, 0.1) is 6.42 Å². The first-order valence-electron chi connectivity index (χ1n) is 13.9. The van der Waals surface area contributed by atoms with Crippen LogP contribution in [0.25, 0.3) is 0 Å². The first-order valence-corrected chi connectivity index (χ1v) is 13.9. The average molecular weight is 492 g/mol. The van der Waals surface area contributed by atoms with Crippen LogP contribution in [0.2, 0.25) is 0 Å². The Labute approximate surface area is 212 Å². The number of carbonyl (C=O) groups excluding carboxylic acids is 1. The minimum atomic E-state index is -0.823. The van der Waals surface area contributed by atoms with Crippen LogP contribution >= 0.6 is 0 Å². The topological polar surface area (TPSA) is 96.6 Å². The number of carboxylic acids is 2. The van der Waals surface area contributed by atoms with Crippen molar-refractivity contribution in [2.45, 2.75) is 143 Å². The summed E-state index contributed by atoms with van der Waals surface area (Å²) in [6.45, 7) is 6.97. The third kappa shape index (κ3) is 12.4. The van der Waals surface area contributed by atoms with Crippen molar-refractivity contribution in [2.75, 3.05) is 0 Å². The van der Waals surface area contributed by atoms with Gasteiger partial charge in [-0.1, -0.05) is 77.6 Å². The molecule has 1 heterocycles. The van der Waals surface area contributed by atoms with E-state index in [4.69, 9.17) is 5.11 Å². The molecule has 0 atom stereocenters. The van der Waals surface area contributed by atoms with Gasteiger partial charge in [0.15, 0.2) is 5.78 Å². The number of hydrogen-bond acceptors (Lipinski definition) is 3. The lowest BCUT2D eigenvalue weighted by Crippen LogP contribution is -2.08. The maximum atomic E-state index is 13.1. The number of carbonyl (C=O) groups is 3. The summed E-state index contributed by atoms with van der Waals surface area (Å²) in [5.41, 5.74) is 3.69. The zero-order chi connectivity index (χ0) is 26.1. The molecule has 0 spiro atoms. The fraction of sp³-hybridized carbons (Fsp3) is 0.759. The molecule has 0 radical (unpaired) electrons. The van der Waals surface area contributed by atoms with Crippen LogP contribution in [0, 0.1) is 13.8 Å². The molecule has 0 unspecified atom stereocenters. The Kier molecular flexibility index (Phi) is 16.1. The molecule has 1 aromatic rings. The molecule has 0 aliphatic carbocycles. The van der Waals surface area contributed by atoms with Gasteiger partial charge in [-0.2, -0.15) is 0 Å². The number of ketones is 1. The molecule has 1 rings (SSSR count). The molecule has 1 aromatic heterocycles. The van der Waals surface area contributed by atoms with E-state index in [-0.39, 0.29) is 18.6 Å². The number of hydrogen-bond donors (Lipinski definition) is 2. The highest BCUT2D eigenvalue weighted by atomic mass is 16.4. The summed E-state index contributed by atoms with van der Waals surface area (Å²) in [4.78, 5) is 35.0. The summed E-state index contributed by atoms with van der Waals surface area (Å²) >= 11 is 0. The van der Waals surface area contributed by atoms with E-state index >= 15 is 0 Å². The van der Waals surface area contributed by atoms with Gasteiger partial charge >= 0.3 is 11.9 Å². The van der Waals surface area contributed by atoms with Crippen molar-refractivity contribution in [1.82, 2.24) is 4.57 Å². The van der Waals surface area contributed by atoms with E-state index in [2.05, 4.69) is 11.5 Å². The van der Waals surface area contributed by atoms with Crippen LogP contribution in [0.5, 0.6) is 0 Å². The van der Waals surface area contributed by atoms with Gasteiger partial charge in [-0.05, 0) is 45.1 Å². The number of aliphatic carboxylic acids is 2. The molecule has 0 amide bonds. The maximum absolute atomic E-state index is 13.1. The zero-order valence-corrected chi connectivity index (χ0v) is 22.5. The summed E-state index contributed by atoms with van der Waals surface area (Å²) in [6, 6.07) is 0. The molecule has 0 saturated heterocycles. The largest absolute Gasteiger partial charge is 0.481 e. The molecule has 6 nitrogen and oxygen atoms in total. The van der Waals surface area contributed by atoms with E-state index in [0.29, 0.717) is 19.3 Å². The minimum absolute atomic E-state index is 0.0609. The predicted molar refractivity (Wildman–Crippen MR) is 141 cm³/mol. The highest BCUT2D eigenvalue weighted by molar-refractivity contribution is 5.99. The Morgan fingerprint density at radius 3 is 1.69 bits per heavy atom. The SMILES string of the molecule is CCCCCCCCCCCC(=O)c1c(C)c(CCC(=O)O)n(CCCCCCCC(=O)O)c1C. The molecule has 200 valence electrons. The Bertz CT molecular complexity index is 781. The van der Waals surface area contributed by atoms with Crippen LogP contribution in [-0.2, 0) is 22.6 Å². The van der Waals surface area contributed by atoms with Crippen molar-refractivity contribution in [1.29, 1.82) is 0 Å². The van der Waals surface area contributed by atoms with Crippen LogP contribution in [-0.4, -0.2) is 32.5 Å². The third-order valence-corrected chi connectivity index (χ3v) is 7.03. The smallest absolute Gasteiger partial charge is 0.303 e. The highest BCUT2D eigenvalue weighted by Gasteiger charge is 2.22. The standard InChI is InChI=1S/C29H49NO5/c1-4-5-6-7-8-9-10-12-15-18-26(31)29-23(2)25(20-21-28(34)35)30(24(29)3)22-17-14-11-13-16-19-27(32)33/h4-22H2,1-3H3,(H,32,33)(H,34,35). The van der Waals surface area contributed by atoms with E-state index in [1.54, 1.807) is 0 Å². The second-order valence-corrected chi connectivity index (χ2v) is 9.99. The summed E-state index contributed by atoms with van der Waals surface area (Å²) in [5.74, 6) is -1.38. The van der Waals surface area contributed by atoms with Crippen LogP contribution < -0.4 is 0 Å². The van der Waals surface area contributed by atoms with Gasteiger partial charge in [-0.25, -0.2) is 0 Å². The number of unbranched alkanes of at least 4 members (excludes halogenated alkanes) is 12. The monoisotopic (exact) mass is 491 g/mol. The Balaban J connectivity index is 2.62. The van der Waals surface area contributed by atoms with E-state index < -0.39 is 11.9 Å². The molecule has 0 aliphatic heterocycles. The van der Waals surface area contributed by atoms with Gasteiger partial charge in [0.2, 0.25) is 0 Å². The molecule has 2 N–H and O–H groups in total. The van der Waals surface area contributed by atoms with Gasteiger partial charge < -0.3 is 14.8 Å². The van der Waals surface area contributed by atoms with E-state index in [0.717, 1.165) is 67.6 Å². The van der Waals surface area contributed by atoms with Crippen LogP contribution in [0.3, 0.4) is 0 Å². The van der Waals surface area contributed by atoms with Gasteiger partial charge in [0, 0.05) is 36.3 Å². The van der Waals surface area contributed by atoms with Crippen molar-refractivity contribution in [3.8, 4) is 0 Å². The average Bonchev–Trinajstić information content (AvgIpc) is 3.04. The second-order valence-electron chi connectivity index (χ2n) is 9.99. The van der Waals surface area contributed by atoms with Crippen molar-refractivity contribution < 1.29 is 24.6 Å². The lowest BCUT2D eigenvalue weighted by atomic mass is 9.99. The predicted octanol–water partition coefficient (Wildman–Crippen LogP) is 7.65. The molecular formula is C29H49NO5. The maximum Gasteiger partial charge on any atom is 0.303 e. The second kappa shape index (κ2) is 18.2. The third-order valence-electron chi connectivity index (χ3n) is 7.03.